The van der Waals surface area contributed by atoms with Gasteiger partial charge in [0, 0.05) is 45.1 Å². The molecule has 0 saturated heterocycles. The summed E-state index contributed by atoms with van der Waals surface area (Å²) >= 11 is 0. The fourth-order valence-electron chi connectivity index (χ4n) is 3.85. The SMILES string of the molecule is OC(COc1cccc(CNCc2cccnc2)c1)CN1CCc2ccccc2C1. The van der Waals surface area contributed by atoms with Crippen molar-refractivity contribution in [3.8, 4) is 5.75 Å². The first-order valence-corrected chi connectivity index (χ1v) is 10.5. The third-order valence-corrected chi connectivity index (χ3v) is 5.40. The highest BCUT2D eigenvalue weighted by atomic mass is 16.5. The van der Waals surface area contributed by atoms with E-state index in [-0.39, 0.29) is 0 Å². The van der Waals surface area contributed by atoms with Gasteiger partial charge in [0.15, 0.2) is 0 Å². The molecule has 0 spiro atoms. The molecule has 2 N–H and O–H groups in total. The van der Waals surface area contributed by atoms with Crippen LogP contribution in [0.25, 0.3) is 0 Å². The second-order valence-corrected chi connectivity index (χ2v) is 7.83. The molecule has 1 aliphatic heterocycles. The number of hydrogen-bond acceptors (Lipinski definition) is 5. The van der Waals surface area contributed by atoms with Gasteiger partial charge in [-0.1, -0.05) is 42.5 Å². The van der Waals surface area contributed by atoms with Crippen LogP contribution in [0.4, 0.5) is 0 Å². The molecular formula is C25H29N3O2. The summed E-state index contributed by atoms with van der Waals surface area (Å²) in [5, 5.41) is 13.9. The largest absolute Gasteiger partial charge is 0.491 e. The number of nitrogens with zero attached hydrogens (tertiary/aromatic N) is 2. The molecule has 3 aromatic rings. The molecule has 1 atom stereocenters. The number of aliphatic hydroxyl groups excluding tert-OH is 1. The maximum atomic E-state index is 10.5. The van der Waals surface area contributed by atoms with Gasteiger partial charge in [-0.15, -0.1) is 0 Å². The number of rotatable bonds is 9. The Labute approximate surface area is 178 Å². The molecule has 0 bridgehead atoms. The van der Waals surface area contributed by atoms with Crippen LogP contribution in [-0.2, 0) is 26.1 Å². The molecule has 0 fully saturated rings. The highest BCUT2D eigenvalue weighted by Crippen LogP contribution is 2.19. The second kappa shape index (κ2) is 10.3. The summed E-state index contributed by atoms with van der Waals surface area (Å²) in [5.41, 5.74) is 5.10. The normalized spacial score (nSPS) is 14.8. The number of nitrogens with one attached hydrogen (secondary N) is 1. The van der Waals surface area contributed by atoms with Crippen molar-refractivity contribution >= 4 is 0 Å². The molecule has 5 nitrogen and oxygen atoms in total. The average molecular weight is 404 g/mol. The van der Waals surface area contributed by atoms with E-state index in [4.69, 9.17) is 4.74 Å². The van der Waals surface area contributed by atoms with Crippen LogP contribution < -0.4 is 10.1 Å². The topological polar surface area (TPSA) is 57.6 Å². The molecule has 2 heterocycles. The first-order chi connectivity index (χ1) is 14.8. The van der Waals surface area contributed by atoms with E-state index in [1.807, 2.05) is 30.5 Å². The summed E-state index contributed by atoms with van der Waals surface area (Å²) in [6, 6.07) is 20.6. The predicted molar refractivity (Wildman–Crippen MR) is 118 cm³/mol. The third-order valence-electron chi connectivity index (χ3n) is 5.40. The lowest BCUT2D eigenvalue weighted by Gasteiger charge is -2.30. The zero-order valence-electron chi connectivity index (χ0n) is 17.2. The lowest BCUT2D eigenvalue weighted by Crippen LogP contribution is -2.38. The lowest BCUT2D eigenvalue weighted by atomic mass is 10.00. The highest BCUT2D eigenvalue weighted by molar-refractivity contribution is 5.29. The molecule has 0 saturated carbocycles. The molecule has 4 rings (SSSR count). The molecule has 0 radical (unpaired) electrons. The van der Waals surface area contributed by atoms with Crippen LogP contribution in [0.2, 0.25) is 0 Å². The summed E-state index contributed by atoms with van der Waals surface area (Å²) in [6.45, 7) is 4.32. The number of fused-ring (bicyclic) bond motifs is 1. The van der Waals surface area contributed by atoms with Gasteiger partial charge in [0.1, 0.15) is 18.5 Å². The number of aromatic nitrogens is 1. The Kier molecular flexibility index (Phi) is 7.08. The standard InChI is InChI=1S/C25H29N3O2/c29-24(18-28-12-10-22-7-1-2-8-23(22)17-28)19-30-25-9-3-5-20(13-25)14-27-16-21-6-4-11-26-15-21/h1-9,11,13,15,24,27,29H,10,12,14,16-19H2. The Balaban J connectivity index is 1.21. The molecule has 1 unspecified atom stereocenters. The van der Waals surface area contributed by atoms with Crippen LogP contribution in [0.15, 0.2) is 73.1 Å². The average Bonchev–Trinajstić information content (AvgIpc) is 2.79. The van der Waals surface area contributed by atoms with Crippen LogP contribution >= 0.6 is 0 Å². The minimum Gasteiger partial charge on any atom is -0.491 e. The van der Waals surface area contributed by atoms with Crippen molar-refractivity contribution in [1.82, 2.24) is 15.2 Å². The van der Waals surface area contributed by atoms with Crippen molar-refractivity contribution in [2.24, 2.45) is 0 Å². The van der Waals surface area contributed by atoms with E-state index in [2.05, 4.69) is 51.6 Å². The van der Waals surface area contributed by atoms with Crippen LogP contribution in [-0.4, -0.2) is 40.8 Å². The zero-order chi connectivity index (χ0) is 20.6. The summed E-state index contributed by atoms with van der Waals surface area (Å²) in [6.07, 6.45) is 4.18. The van der Waals surface area contributed by atoms with Crippen molar-refractivity contribution in [2.75, 3.05) is 19.7 Å². The maximum absolute atomic E-state index is 10.5. The zero-order valence-corrected chi connectivity index (χ0v) is 17.2. The van der Waals surface area contributed by atoms with E-state index in [0.29, 0.717) is 13.2 Å². The number of pyridine rings is 1. The second-order valence-electron chi connectivity index (χ2n) is 7.83. The Morgan fingerprint density at radius 1 is 1.00 bits per heavy atom. The Morgan fingerprint density at radius 3 is 2.70 bits per heavy atom. The molecule has 2 aromatic carbocycles. The van der Waals surface area contributed by atoms with Crippen LogP contribution in [0, 0.1) is 0 Å². The Morgan fingerprint density at radius 2 is 1.83 bits per heavy atom. The van der Waals surface area contributed by atoms with Gasteiger partial charge in [0.2, 0.25) is 0 Å². The fourth-order valence-corrected chi connectivity index (χ4v) is 3.85. The summed E-state index contributed by atoms with van der Waals surface area (Å²) in [7, 11) is 0. The van der Waals surface area contributed by atoms with Gasteiger partial charge in [0.05, 0.1) is 0 Å². The number of benzene rings is 2. The number of β-amino-alcohol motifs (C(OH)–C–C–N with tert-alkyl or cyclic N) is 1. The first kappa shape index (κ1) is 20.5. The van der Waals surface area contributed by atoms with E-state index in [9.17, 15) is 5.11 Å². The first-order valence-electron chi connectivity index (χ1n) is 10.5. The fraction of sp³-hybridized carbons (Fsp3) is 0.320. The molecule has 0 aliphatic carbocycles. The van der Waals surface area contributed by atoms with Crippen molar-refractivity contribution in [2.45, 2.75) is 32.2 Å². The van der Waals surface area contributed by atoms with Gasteiger partial charge in [-0.3, -0.25) is 9.88 Å². The van der Waals surface area contributed by atoms with E-state index < -0.39 is 6.10 Å². The maximum Gasteiger partial charge on any atom is 0.119 e. The molecule has 30 heavy (non-hydrogen) atoms. The van der Waals surface area contributed by atoms with Crippen LogP contribution in [0.5, 0.6) is 5.75 Å². The molecule has 156 valence electrons. The highest BCUT2D eigenvalue weighted by Gasteiger charge is 2.18. The van der Waals surface area contributed by atoms with E-state index in [0.717, 1.165) is 49.5 Å². The molecule has 1 aromatic heterocycles. The Hall–Kier alpha value is -2.73. The van der Waals surface area contributed by atoms with E-state index in [1.54, 1.807) is 6.20 Å². The molecule has 5 heteroatoms. The summed E-state index contributed by atoms with van der Waals surface area (Å²) in [4.78, 5) is 6.43. The summed E-state index contributed by atoms with van der Waals surface area (Å²) < 4.78 is 5.87. The quantitative estimate of drug-likeness (QED) is 0.575. The predicted octanol–water partition coefficient (Wildman–Crippen LogP) is 3.17. The van der Waals surface area contributed by atoms with Crippen LogP contribution in [0.1, 0.15) is 22.3 Å². The van der Waals surface area contributed by atoms with Gasteiger partial charge in [-0.2, -0.15) is 0 Å². The van der Waals surface area contributed by atoms with Crippen molar-refractivity contribution in [1.29, 1.82) is 0 Å². The van der Waals surface area contributed by atoms with Gasteiger partial charge in [-0.25, -0.2) is 0 Å². The molecule has 0 amide bonds. The molecular weight excluding hydrogens is 374 g/mol. The van der Waals surface area contributed by atoms with Crippen LogP contribution in [0.3, 0.4) is 0 Å². The van der Waals surface area contributed by atoms with Gasteiger partial charge in [0.25, 0.3) is 0 Å². The van der Waals surface area contributed by atoms with Gasteiger partial charge >= 0.3 is 0 Å². The third kappa shape index (κ3) is 5.89. The van der Waals surface area contributed by atoms with Crippen molar-refractivity contribution < 1.29 is 9.84 Å². The minimum atomic E-state index is -0.511. The van der Waals surface area contributed by atoms with Crippen molar-refractivity contribution in [3.63, 3.8) is 0 Å². The molecule has 1 aliphatic rings. The monoisotopic (exact) mass is 403 g/mol. The number of aliphatic hydroxyl groups is 1. The van der Waals surface area contributed by atoms with E-state index in [1.165, 1.54) is 11.1 Å². The van der Waals surface area contributed by atoms with Gasteiger partial charge < -0.3 is 15.2 Å². The lowest BCUT2D eigenvalue weighted by molar-refractivity contribution is 0.0637. The van der Waals surface area contributed by atoms with Gasteiger partial charge in [-0.05, 0) is 46.9 Å². The summed E-state index contributed by atoms with van der Waals surface area (Å²) in [5.74, 6) is 0.790. The number of hydrogen-bond donors (Lipinski definition) is 2. The smallest absolute Gasteiger partial charge is 0.119 e. The minimum absolute atomic E-state index is 0.296. The van der Waals surface area contributed by atoms with Crippen molar-refractivity contribution in [3.05, 3.63) is 95.3 Å². The Bertz CT molecular complexity index is 932. The van der Waals surface area contributed by atoms with E-state index >= 15 is 0 Å². The number of ether oxygens (including phenoxy) is 1.